The van der Waals surface area contributed by atoms with E-state index >= 15 is 0 Å². The topological polar surface area (TPSA) is 60.9 Å². The van der Waals surface area contributed by atoms with Gasteiger partial charge in [-0.3, -0.25) is 4.79 Å². The highest BCUT2D eigenvalue weighted by Gasteiger charge is 2.26. The molecule has 1 unspecified atom stereocenters. The van der Waals surface area contributed by atoms with Gasteiger partial charge in [0.15, 0.2) is 0 Å². The van der Waals surface area contributed by atoms with Gasteiger partial charge in [-0.05, 0) is 46.7 Å². The van der Waals surface area contributed by atoms with Crippen LogP contribution in [0.5, 0.6) is 0 Å². The molecule has 4 nitrogen and oxygen atoms in total. The van der Waals surface area contributed by atoms with Gasteiger partial charge in [0.05, 0.1) is 11.0 Å². The summed E-state index contributed by atoms with van der Waals surface area (Å²) in [6, 6.07) is 5.59. The number of hydrogen-bond acceptors (Lipinski definition) is 2. The summed E-state index contributed by atoms with van der Waals surface area (Å²) in [6.45, 7) is 3.97. The van der Waals surface area contributed by atoms with Crippen molar-refractivity contribution < 1.29 is 4.79 Å². The second kappa shape index (κ2) is 6.30. The zero-order valence-electron chi connectivity index (χ0n) is 11.4. The van der Waals surface area contributed by atoms with E-state index in [-0.39, 0.29) is 11.8 Å². The predicted molar refractivity (Wildman–Crippen MR) is 89.9 cm³/mol. The van der Waals surface area contributed by atoms with Crippen LogP contribution < -0.4 is 5.73 Å². The Bertz CT molecular complexity index is 639. The van der Waals surface area contributed by atoms with E-state index in [1.54, 1.807) is 0 Å². The second-order valence-corrected chi connectivity index (χ2v) is 6.68. The molecule has 0 bridgehead atoms. The Kier molecular flexibility index (Phi) is 4.90. The molecule has 0 aliphatic heterocycles. The smallest absolute Gasteiger partial charge is 0.240 e. The highest BCUT2D eigenvalue weighted by molar-refractivity contribution is 14.1. The summed E-state index contributed by atoms with van der Waals surface area (Å²) in [4.78, 5) is 16.5. The van der Waals surface area contributed by atoms with Crippen LogP contribution in [-0.4, -0.2) is 21.3 Å². The molecule has 0 saturated heterocycles. The Labute approximate surface area is 136 Å². The fourth-order valence-electron chi connectivity index (χ4n) is 2.45. The van der Waals surface area contributed by atoms with E-state index < -0.39 is 6.04 Å². The maximum atomic E-state index is 11.8. The molecule has 0 aliphatic rings. The summed E-state index contributed by atoms with van der Waals surface area (Å²) in [5, 5.41) is 0. The van der Waals surface area contributed by atoms with Crippen molar-refractivity contribution in [1.29, 1.82) is 0 Å². The third-order valence-electron chi connectivity index (χ3n) is 3.24. The fourth-order valence-corrected chi connectivity index (χ4v) is 3.09. The number of nitrogens with two attached hydrogens (primary N) is 1. The highest BCUT2D eigenvalue weighted by atomic mass is 127. The summed E-state index contributed by atoms with van der Waals surface area (Å²) in [5.74, 6) is 1.03. The SMILES string of the molecule is CC(C)C(C(N)=O)n1c(CCCl)nc2cc(I)ccc21. The van der Waals surface area contributed by atoms with Crippen LogP contribution in [0.25, 0.3) is 11.0 Å². The zero-order chi connectivity index (χ0) is 14.9. The lowest BCUT2D eigenvalue weighted by molar-refractivity contribution is -0.122. The molecule has 0 fully saturated rings. The molecule has 1 atom stereocenters. The molecule has 2 aromatic rings. The van der Waals surface area contributed by atoms with Gasteiger partial charge in [-0.15, -0.1) is 11.6 Å². The van der Waals surface area contributed by atoms with Gasteiger partial charge in [0.25, 0.3) is 0 Å². The number of nitrogens with zero attached hydrogens (tertiary/aromatic N) is 2. The van der Waals surface area contributed by atoms with Crippen molar-refractivity contribution in [1.82, 2.24) is 9.55 Å². The van der Waals surface area contributed by atoms with Crippen LogP contribution >= 0.6 is 34.2 Å². The Morgan fingerprint density at radius 1 is 1.50 bits per heavy atom. The van der Waals surface area contributed by atoms with E-state index in [9.17, 15) is 4.79 Å². The summed E-state index contributed by atoms with van der Waals surface area (Å²) in [7, 11) is 0. The third kappa shape index (κ3) is 2.93. The Hall–Kier alpha value is -0.820. The molecule has 1 aromatic carbocycles. The fraction of sp³-hybridized carbons (Fsp3) is 0.429. The third-order valence-corrected chi connectivity index (χ3v) is 4.10. The van der Waals surface area contributed by atoms with Crippen LogP contribution in [0.2, 0.25) is 0 Å². The number of rotatable bonds is 5. The molecular formula is C14H17ClIN3O. The van der Waals surface area contributed by atoms with E-state index in [1.165, 1.54) is 0 Å². The summed E-state index contributed by atoms with van der Waals surface area (Å²) >= 11 is 8.11. The van der Waals surface area contributed by atoms with Crippen LogP contribution in [0.15, 0.2) is 18.2 Å². The van der Waals surface area contributed by atoms with Crippen LogP contribution in [0.4, 0.5) is 0 Å². The molecule has 0 radical (unpaired) electrons. The first kappa shape index (κ1) is 15.6. The van der Waals surface area contributed by atoms with Gasteiger partial charge < -0.3 is 10.3 Å². The highest BCUT2D eigenvalue weighted by Crippen LogP contribution is 2.27. The molecule has 0 saturated carbocycles. The molecule has 0 spiro atoms. The van der Waals surface area contributed by atoms with Gasteiger partial charge in [0.2, 0.25) is 5.91 Å². The minimum Gasteiger partial charge on any atom is -0.368 e. The van der Waals surface area contributed by atoms with Crippen LogP contribution in [0.3, 0.4) is 0 Å². The van der Waals surface area contributed by atoms with Crippen LogP contribution in [-0.2, 0) is 11.2 Å². The molecule has 2 N–H and O–H groups in total. The lowest BCUT2D eigenvalue weighted by Crippen LogP contribution is -2.31. The van der Waals surface area contributed by atoms with E-state index in [1.807, 2.05) is 36.6 Å². The molecule has 1 heterocycles. The van der Waals surface area contributed by atoms with Gasteiger partial charge >= 0.3 is 0 Å². The maximum absolute atomic E-state index is 11.8. The number of alkyl halides is 1. The normalized spacial score (nSPS) is 13.1. The van der Waals surface area contributed by atoms with Crippen LogP contribution in [0.1, 0.15) is 25.7 Å². The number of amides is 1. The van der Waals surface area contributed by atoms with E-state index in [2.05, 4.69) is 27.6 Å². The van der Waals surface area contributed by atoms with Crippen molar-refractivity contribution in [2.75, 3.05) is 5.88 Å². The molecule has 6 heteroatoms. The first-order valence-electron chi connectivity index (χ1n) is 6.47. The van der Waals surface area contributed by atoms with Crippen molar-refractivity contribution in [3.8, 4) is 0 Å². The van der Waals surface area contributed by atoms with Gasteiger partial charge in [-0.1, -0.05) is 13.8 Å². The first-order valence-corrected chi connectivity index (χ1v) is 8.08. The predicted octanol–water partition coefficient (Wildman–Crippen LogP) is 3.10. The minimum absolute atomic E-state index is 0.0956. The monoisotopic (exact) mass is 405 g/mol. The maximum Gasteiger partial charge on any atom is 0.240 e. The Morgan fingerprint density at radius 3 is 2.75 bits per heavy atom. The molecule has 20 heavy (non-hydrogen) atoms. The average molecular weight is 406 g/mol. The number of halogens is 2. The molecule has 1 amide bonds. The van der Waals surface area contributed by atoms with Gasteiger partial charge in [0.1, 0.15) is 11.9 Å². The lowest BCUT2D eigenvalue weighted by atomic mass is 10.0. The number of imidazole rings is 1. The number of aromatic nitrogens is 2. The lowest BCUT2D eigenvalue weighted by Gasteiger charge is -2.22. The van der Waals surface area contributed by atoms with Gasteiger partial charge in [0, 0.05) is 15.9 Å². The van der Waals surface area contributed by atoms with Crippen molar-refractivity contribution in [3.05, 3.63) is 27.6 Å². The number of primary amides is 1. The van der Waals surface area contributed by atoms with Crippen molar-refractivity contribution in [2.24, 2.45) is 11.7 Å². The van der Waals surface area contributed by atoms with E-state index in [4.69, 9.17) is 17.3 Å². The Morgan fingerprint density at radius 2 is 2.20 bits per heavy atom. The molecule has 108 valence electrons. The van der Waals surface area contributed by atoms with E-state index in [0.29, 0.717) is 12.3 Å². The number of carbonyl (C=O) groups excluding carboxylic acids is 1. The largest absolute Gasteiger partial charge is 0.368 e. The van der Waals surface area contributed by atoms with Gasteiger partial charge in [-0.2, -0.15) is 0 Å². The van der Waals surface area contributed by atoms with Crippen molar-refractivity contribution >= 4 is 51.1 Å². The number of fused-ring (bicyclic) bond motifs is 1. The molecule has 1 aromatic heterocycles. The van der Waals surface area contributed by atoms with Gasteiger partial charge in [-0.25, -0.2) is 4.98 Å². The standard InChI is InChI=1S/C14H17ClIN3O/c1-8(2)13(14(17)20)19-11-4-3-9(16)7-10(11)18-12(19)5-6-15/h3-4,7-8,13H,5-6H2,1-2H3,(H2,17,20). The summed E-state index contributed by atoms with van der Waals surface area (Å²) in [6.07, 6.45) is 0.614. The quantitative estimate of drug-likeness (QED) is 0.614. The molecule has 2 rings (SSSR count). The number of aryl methyl sites for hydroxylation is 1. The molecular weight excluding hydrogens is 389 g/mol. The molecule has 0 aliphatic carbocycles. The van der Waals surface area contributed by atoms with E-state index in [0.717, 1.165) is 20.4 Å². The van der Waals surface area contributed by atoms with Crippen LogP contribution in [0, 0.1) is 9.49 Å². The average Bonchev–Trinajstić information content (AvgIpc) is 2.67. The minimum atomic E-state index is -0.404. The summed E-state index contributed by atoms with van der Waals surface area (Å²) in [5.41, 5.74) is 7.40. The number of benzene rings is 1. The Balaban J connectivity index is 2.70. The van der Waals surface area contributed by atoms with Crippen molar-refractivity contribution in [2.45, 2.75) is 26.3 Å². The second-order valence-electron chi connectivity index (χ2n) is 5.06. The van der Waals surface area contributed by atoms with Crippen molar-refractivity contribution in [3.63, 3.8) is 0 Å². The number of carbonyl (C=O) groups is 1. The number of hydrogen-bond donors (Lipinski definition) is 1. The first-order chi connectivity index (χ1) is 9.45. The summed E-state index contributed by atoms with van der Waals surface area (Å²) < 4.78 is 3.05. The zero-order valence-corrected chi connectivity index (χ0v) is 14.4.